The van der Waals surface area contributed by atoms with Gasteiger partial charge >= 0.3 is 0 Å². The summed E-state index contributed by atoms with van der Waals surface area (Å²) in [6, 6.07) is 11.6. The molecule has 1 fully saturated rings. The van der Waals surface area contributed by atoms with Crippen LogP contribution < -0.4 is 0 Å². The lowest BCUT2D eigenvalue weighted by atomic mass is 10.0. The highest BCUT2D eigenvalue weighted by Crippen LogP contribution is 2.25. The van der Waals surface area contributed by atoms with Crippen LogP contribution in [0.2, 0.25) is 0 Å². The van der Waals surface area contributed by atoms with E-state index >= 15 is 0 Å². The van der Waals surface area contributed by atoms with Gasteiger partial charge < -0.3 is 4.90 Å². The number of carbonyl (C=O) groups excluding carboxylic acids is 1. The van der Waals surface area contributed by atoms with Crippen LogP contribution in [0, 0.1) is 5.82 Å². The van der Waals surface area contributed by atoms with Gasteiger partial charge in [-0.25, -0.2) is 4.39 Å². The van der Waals surface area contributed by atoms with Gasteiger partial charge in [-0.05, 0) is 18.7 Å². The highest BCUT2D eigenvalue weighted by Gasteiger charge is 2.29. The number of hydrogen-bond donors (Lipinski definition) is 0. The van der Waals surface area contributed by atoms with Crippen molar-refractivity contribution in [2.24, 2.45) is 0 Å². The molecule has 1 amide bonds. The maximum absolute atomic E-state index is 13.8. The molecule has 0 radical (unpaired) electrons. The summed E-state index contributed by atoms with van der Waals surface area (Å²) < 4.78 is 13.8. The van der Waals surface area contributed by atoms with Crippen molar-refractivity contribution in [2.75, 3.05) is 26.7 Å². The molecule has 4 nitrogen and oxygen atoms in total. The summed E-state index contributed by atoms with van der Waals surface area (Å²) >= 11 is 0. The molecule has 114 valence electrons. The number of hydrogen-bond acceptors (Lipinski definition) is 3. The van der Waals surface area contributed by atoms with Crippen LogP contribution in [0.3, 0.4) is 0 Å². The van der Waals surface area contributed by atoms with Crippen molar-refractivity contribution in [3.8, 4) is 0 Å². The second kappa shape index (κ2) is 6.23. The average molecular weight is 299 g/mol. The Morgan fingerprint density at radius 2 is 2.00 bits per heavy atom. The zero-order valence-corrected chi connectivity index (χ0v) is 12.4. The predicted molar refractivity (Wildman–Crippen MR) is 81.9 cm³/mol. The monoisotopic (exact) mass is 299 g/mol. The van der Waals surface area contributed by atoms with E-state index in [1.807, 2.05) is 25.2 Å². The van der Waals surface area contributed by atoms with E-state index in [1.165, 1.54) is 12.3 Å². The largest absolute Gasteiger partial charge is 0.335 e. The fourth-order valence-electron chi connectivity index (χ4n) is 2.81. The highest BCUT2D eigenvalue weighted by molar-refractivity contribution is 5.94. The first kappa shape index (κ1) is 14.7. The Hall–Kier alpha value is -2.27. The molecule has 0 N–H and O–H groups in total. The van der Waals surface area contributed by atoms with Gasteiger partial charge in [-0.2, -0.15) is 0 Å². The maximum atomic E-state index is 13.8. The molecule has 22 heavy (non-hydrogen) atoms. The van der Waals surface area contributed by atoms with Gasteiger partial charge in [-0.3, -0.25) is 14.7 Å². The third kappa shape index (κ3) is 2.85. The van der Waals surface area contributed by atoms with Crippen LogP contribution in [0.1, 0.15) is 22.0 Å². The van der Waals surface area contributed by atoms with E-state index in [0.717, 1.165) is 18.3 Å². The second-order valence-electron chi connectivity index (χ2n) is 5.51. The fraction of sp³-hybridized carbons (Fsp3) is 0.294. The quantitative estimate of drug-likeness (QED) is 0.854. The van der Waals surface area contributed by atoms with Gasteiger partial charge in [0.1, 0.15) is 0 Å². The summed E-state index contributed by atoms with van der Waals surface area (Å²) in [6.07, 6.45) is 2.53. The van der Waals surface area contributed by atoms with E-state index < -0.39 is 5.82 Å². The summed E-state index contributed by atoms with van der Waals surface area (Å²) in [6.45, 7) is 1.92. The molecular weight excluding hydrogens is 281 g/mol. The maximum Gasteiger partial charge on any atom is 0.257 e. The van der Waals surface area contributed by atoms with Gasteiger partial charge in [0, 0.05) is 25.8 Å². The fourth-order valence-corrected chi connectivity index (χ4v) is 2.81. The summed E-state index contributed by atoms with van der Waals surface area (Å²) in [4.78, 5) is 20.2. The molecule has 1 aliphatic rings. The summed E-state index contributed by atoms with van der Waals surface area (Å²) in [7, 11) is 2.05. The zero-order chi connectivity index (χ0) is 15.5. The van der Waals surface area contributed by atoms with Crippen LogP contribution in [0.15, 0.2) is 48.8 Å². The Balaban J connectivity index is 1.81. The van der Waals surface area contributed by atoms with Gasteiger partial charge in [-0.1, -0.05) is 30.3 Å². The molecular formula is C17H18FN3O. The predicted octanol–water partition coefficient (Wildman–Crippen LogP) is 2.35. The minimum absolute atomic E-state index is 0.0892. The van der Waals surface area contributed by atoms with Gasteiger partial charge in [0.25, 0.3) is 5.91 Å². The normalized spacial score (nSPS) is 19.2. The van der Waals surface area contributed by atoms with Gasteiger partial charge in [-0.15, -0.1) is 0 Å². The van der Waals surface area contributed by atoms with Crippen molar-refractivity contribution in [1.29, 1.82) is 0 Å². The van der Waals surface area contributed by atoms with E-state index in [-0.39, 0.29) is 17.5 Å². The molecule has 2 heterocycles. The number of piperazine rings is 1. The molecule has 0 aliphatic carbocycles. The molecule has 0 bridgehead atoms. The lowest BCUT2D eigenvalue weighted by Crippen LogP contribution is -2.49. The Bertz CT molecular complexity index is 662. The van der Waals surface area contributed by atoms with E-state index in [9.17, 15) is 9.18 Å². The average Bonchev–Trinajstić information content (AvgIpc) is 2.56. The summed E-state index contributed by atoms with van der Waals surface area (Å²) in [5, 5.41) is 0. The van der Waals surface area contributed by atoms with E-state index in [4.69, 9.17) is 0 Å². The van der Waals surface area contributed by atoms with Crippen LogP contribution >= 0.6 is 0 Å². The number of rotatable bonds is 2. The standard InChI is InChI=1S/C17H18FN3O/c1-20-9-10-21(12-16(20)13-5-3-2-4-6-13)17(22)14-7-8-19-11-15(14)18/h2-8,11,16H,9-10,12H2,1H3. The van der Waals surface area contributed by atoms with Crippen molar-refractivity contribution in [3.05, 3.63) is 65.7 Å². The van der Waals surface area contributed by atoms with Gasteiger partial charge in [0.05, 0.1) is 17.8 Å². The zero-order valence-electron chi connectivity index (χ0n) is 12.4. The topological polar surface area (TPSA) is 36.4 Å². The molecule has 5 heteroatoms. The molecule has 1 unspecified atom stereocenters. The molecule has 1 saturated heterocycles. The van der Waals surface area contributed by atoms with Crippen molar-refractivity contribution in [2.45, 2.75) is 6.04 Å². The molecule has 1 aliphatic heterocycles. The van der Waals surface area contributed by atoms with Crippen LogP contribution in [0.4, 0.5) is 4.39 Å². The van der Waals surface area contributed by atoms with Crippen molar-refractivity contribution >= 4 is 5.91 Å². The second-order valence-corrected chi connectivity index (χ2v) is 5.51. The summed E-state index contributed by atoms with van der Waals surface area (Å²) in [5.74, 6) is -0.836. The Morgan fingerprint density at radius 1 is 1.23 bits per heavy atom. The van der Waals surface area contributed by atoms with Gasteiger partial charge in [0.15, 0.2) is 5.82 Å². The van der Waals surface area contributed by atoms with E-state index in [1.54, 1.807) is 4.90 Å². The molecule has 2 aromatic rings. The van der Waals surface area contributed by atoms with Gasteiger partial charge in [0.2, 0.25) is 0 Å². The first-order chi connectivity index (χ1) is 10.7. The number of halogens is 1. The third-order valence-corrected chi connectivity index (χ3v) is 4.12. The smallest absolute Gasteiger partial charge is 0.257 e. The number of nitrogens with zero attached hydrogens (tertiary/aromatic N) is 3. The van der Waals surface area contributed by atoms with Crippen molar-refractivity contribution in [3.63, 3.8) is 0 Å². The molecule has 1 aromatic carbocycles. The van der Waals surface area contributed by atoms with Crippen LogP contribution in [-0.4, -0.2) is 47.4 Å². The Labute approximate surface area is 129 Å². The van der Waals surface area contributed by atoms with E-state index in [2.05, 4.69) is 22.0 Å². The number of likely N-dealkylation sites (N-methyl/N-ethyl adjacent to an activating group) is 1. The molecule has 1 atom stereocenters. The van der Waals surface area contributed by atoms with Crippen LogP contribution in [0.5, 0.6) is 0 Å². The lowest BCUT2D eigenvalue weighted by molar-refractivity contribution is 0.0542. The molecule has 0 spiro atoms. The third-order valence-electron chi connectivity index (χ3n) is 4.12. The number of aromatic nitrogens is 1. The summed E-state index contributed by atoms with van der Waals surface area (Å²) in [5.41, 5.74) is 1.25. The van der Waals surface area contributed by atoms with Crippen molar-refractivity contribution in [1.82, 2.24) is 14.8 Å². The van der Waals surface area contributed by atoms with Crippen LogP contribution in [-0.2, 0) is 0 Å². The molecule has 0 saturated carbocycles. The molecule has 3 rings (SSSR count). The first-order valence-corrected chi connectivity index (χ1v) is 7.31. The molecule has 1 aromatic heterocycles. The number of benzene rings is 1. The van der Waals surface area contributed by atoms with Crippen molar-refractivity contribution < 1.29 is 9.18 Å². The lowest BCUT2D eigenvalue weighted by Gasteiger charge is -2.39. The number of amides is 1. The first-order valence-electron chi connectivity index (χ1n) is 7.31. The number of carbonyl (C=O) groups is 1. The number of pyridine rings is 1. The van der Waals surface area contributed by atoms with E-state index in [0.29, 0.717) is 13.1 Å². The Morgan fingerprint density at radius 3 is 2.73 bits per heavy atom. The minimum Gasteiger partial charge on any atom is -0.335 e. The van der Waals surface area contributed by atoms with Crippen LogP contribution in [0.25, 0.3) is 0 Å². The Kier molecular flexibility index (Phi) is 4.15. The highest BCUT2D eigenvalue weighted by atomic mass is 19.1. The minimum atomic E-state index is -0.567. The SMILES string of the molecule is CN1CCN(C(=O)c2ccncc2F)CC1c1ccccc1.